The SMILES string of the molecule is COc1cc(F)c([N+](=O)[O-])cc1Nc1ncc(Cl)c(Nc2cc(NC(=O)OC(C)(C)C)ccc2OC)n1. The van der Waals surface area contributed by atoms with Crippen LogP contribution in [0.15, 0.2) is 36.5 Å². The number of anilines is 5. The molecular formula is C23H24ClFN6O6. The Morgan fingerprint density at radius 2 is 1.76 bits per heavy atom. The Balaban J connectivity index is 1.90. The molecule has 37 heavy (non-hydrogen) atoms. The largest absolute Gasteiger partial charge is 0.495 e. The van der Waals surface area contributed by atoms with E-state index in [0.29, 0.717) is 17.1 Å². The van der Waals surface area contributed by atoms with Crippen LogP contribution in [0.4, 0.5) is 43.7 Å². The lowest BCUT2D eigenvalue weighted by Crippen LogP contribution is -2.27. The Labute approximate surface area is 216 Å². The van der Waals surface area contributed by atoms with E-state index in [-0.39, 0.29) is 28.2 Å². The second kappa shape index (κ2) is 11.1. The molecule has 1 amide bonds. The van der Waals surface area contributed by atoms with Crippen LogP contribution in [0, 0.1) is 15.9 Å². The van der Waals surface area contributed by atoms with Gasteiger partial charge in [0.2, 0.25) is 11.8 Å². The van der Waals surface area contributed by atoms with Crippen molar-refractivity contribution in [3.8, 4) is 11.5 Å². The molecule has 14 heteroatoms. The smallest absolute Gasteiger partial charge is 0.412 e. The highest BCUT2D eigenvalue weighted by Crippen LogP contribution is 2.35. The molecule has 3 N–H and O–H groups in total. The zero-order valence-corrected chi connectivity index (χ0v) is 21.3. The van der Waals surface area contributed by atoms with Crippen LogP contribution in [0.25, 0.3) is 0 Å². The number of aromatic nitrogens is 2. The zero-order chi connectivity index (χ0) is 27.3. The summed E-state index contributed by atoms with van der Waals surface area (Å²) in [6.45, 7) is 5.24. The van der Waals surface area contributed by atoms with E-state index in [2.05, 4.69) is 25.9 Å². The van der Waals surface area contributed by atoms with E-state index >= 15 is 0 Å². The van der Waals surface area contributed by atoms with Gasteiger partial charge in [-0.1, -0.05) is 11.6 Å². The minimum atomic E-state index is -1.06. The van der Waals surface area contributed by atoms with Crippen molar-refractivity contribution in [2.75, 3.05) is 30.2 Å². The number of ether oxygens (including phenoxy) is 3. The minimum Gasteiger partial charge on any atom is -0.495 e. The summed E-state index contributed by atoms with van der Waals surface area (Å²) in [6.07, 6.45) is 0.649. The number of amides is 1. The predicted octanol–water partition coefficient (Wildman–Crippen LogP) is 6.03. The van der Waals surface area contributed by atoms with Gasteiger partial charge in [-0.25, -0.2) is 9.78 Å². The highest BCUT2D eigenvalue weighted by atomic mass is 35.5. The summed E-state index contributed by atoms with van der Waals surface area (Å²) in [6, 6.07) is 6.67. The highest BCUT2D eigenvalue weighted by molar-refractivity contribution is 6.33. The monoisotopic (exact) mass is 534 g/mol. The van der Waals surface area contributed by atoms with Crippen molar-refractivity contribution >= 4 is 52.2 Å². The minimum absolute atomic E-state index is 0.00116. The van der Waals surface area contributed by atoms with Crippen molar-refractivity contribution < 1.29 is 28.3 Å². The Kier molecular flexibility index (Phi) is 8.17. The Bertz CT molecular complexity index is 1330. The molecule has 12 nitrogen and oxygen atoms in total. The summed E-state index contributed by atoms with van der Waals surface area (Å²) >= 11 is 6.28. The molecule has 1 heterocycles. The maximum absolute atomic E-state index is 14.0. The summed E-state index contributed by atoms with van der Waals surface area (Å²) < 4.78 is 29.7. The number of methoxy groups -OCH3 is 2. The van der Waals surface area contributed by atoms with E-state index in [4.69, 9.17) is 25.8 Å². The number of carbonyl (C=O) groups is 1. The van der Waals surface area contributed by atoms with Crippen molar-refractivity contribution in [1.82, 2.24) is 9.97 Å². The van der Waals surface area contributed by atoms with Gasteiger partial charge in [0.25, 0.3) is 0 Å². The van der Waals surface area contributed by atoms with Crippen LogP contribution in [-0.2, 0) is 4.74 Å². The van der Waals surface area contributed by atoms with E-state index in [1.807, 2.05) is 0 Å². The van der Waals surface area contributed by atoms with Crippen LogP contribution in [-0.4, -0.2) is 40.8 Å². The molecular weight excluding hydrogens is 511 g/mol. The van der Waals surface area contributed by atoms with Gasteiger partial charge in [0.15, 0.2) is 5.82 Å². The average molecular weight is 535 g/mol. The van der Waals surface area contributed by atoms with Gasteiger partial charge < -0.3 is 24.8 Å². The summed E-state index contributed by atoms with van der Waals surface area (Å²) in [4.78, 5) is 30.8. The number of hydrogen-bond donors (Lipinski definition) is 3. The topological polar surface area (TPSA) is 150 Å². The lowest BCUT2D eigenvalue weighted by molar-refractivity contribution is -0.387. The molecule has 0 unspecified atom stereocenters. The standard InChI is InChI=1S/C23H24ClFN6O6/c1-23(2,3)37-22(32)27-12-6-7-18(35-4)15(8-12)28-20-13(24)11-26-21(30-20)29-16-10-17(31(33)34)14(25)9-19(16)36-5/h6-11H,1-5H3,(H,27,32)(H2,26,28,29,30). The van der Waals surface area contributed by atoms with Crippen molar-refractivity contribution in [2.24, 2.45) is 0 Å². The van der Waals surface area contributed by atoms with E-state index in [9.17, 15) is 19.3 Å². The van der Waals surface area contributed by atoms with Gasteiger partial charge in [-0.2, -0.15) is 9.37 Å². The van der Waals surface area contributed by atoms with Gasteiger partial charge in [0.05, 0.1) is 36.7 Å². The van der Waals surface area contributed by atoms with Gasteiger partial charge in [-0.15, -0.1) is 0 Å². The fourth-order valence-electron chi connectivity index (χ4n) is 3.02. The number of halogens is 2. The van der Waals surface area contributed by atoms with E-state index in [0.717, 1.165) is 12.1 Å². The molecule has 2 aromatic carbocycles. The van der Waals surface area contributed by atoms with Crippen molar-refractivity contribution in [2.45, 2.75) is 26.4 Å². The summed E-state index contributed by atoms with van der Waals surface area (Å²) in [5.74, 6) is -0.525. The number of carbonyl (C=O) groups excluding carboxylic acids is 1. The van der Waals surface area contributed by atoms with Gasteiger partial charge in [0.1, 0.15) is 22.1 Å². The van der Waals surface area contributed by atoms with E-state index < -0.39 is 28.1 Å². The third-order valence-electron chi connectivity index (χ3n) is 4.55. The number of nitrogens with zero attached hydrogens (tertiary/aromatic N) is 3. The third kappa shape index (κ3) is 7.07. The zero-order valence-electron chi connectivity index (χ0n) is 20.5. The molecule has 0 aliphatic carbocycles. The van der Waals surface area contributed by atoms with Crippen LogP contribution < -0.4 is 25.4 Å². The maximum atomic E-state index is 14.0. The average Bonchev–Trinajstić information content (AvgIpc) is 2.80. The van der Waals surface area contributed by atoms with Crippen LogP contribution in [0.5, 0.6) is 11.5 Å². The summed E-state index contributed by atoms with van der Waals surface area (Å²) in [5.41, 5.74) is -0.565. The Morgan fingerprint density at radius 1 is 1.08 bits per heavy atom. The summed E-state index contributed by atoms with van der Waals surface area (Å²) in [7, 11) is 2.75. The summed E-state index contributed by atoms with van der Waals surface area (Å²) in [5, 5.41) is 19.7. The maximum Gasteiger partial charge on any atom is 0.412 e. The molecule has 1 aromatic heterocycles. The predicted molar refractivity (Wildman–Crippen MR) is 136 cm³/mol. The van der Waals surface area contributed by atoms with Crippen molar-refractivity contribution in [3.63, 3.8) is 0 Å². The molecule has 0 fully saturated rings. The number of benzene rings is 2. The van der Waals surface area contributed by atoms with E-state index in [1.54, 1.807) is 39.0 Å². The molecule has 0 saturated carbocycles. The molecule has 0 radical (unpaired) electrons. The molecule has 3 aromatic rings. The molecule has 0 aliphatic heterocycles. The number of nitro benzene ring substituents is 1. The lowest BCUT2D eigenvalue weighted by atomic mass is 10.2. The quantitative estimate of drug-likeness (QED) is 0.231. The number of nitrogens with one attached hydrogen (secondary N) is 3. The Morgan fingerprint density at radius 3 is 2.38 bits per heavy atom. The fraction of sp³-hybridized carbons (Fsp3) is 0.261. The van der Waals surface area contributed by atoms with Crippen LogP contribution in [0.2, 0.25) is 5.02 Å². The normalized spacial score (nSPS) is 10.9. The van der Waals surface area contributed by atoms with Gasteiger partial charge in [0, 0.05) is 17.8 Å². The third-order valence-corrected chi connectivity index (χ3v) is 4.83. The molecule has 3 rings (SSSR count). The van der Waals surface area contributed by atoms with Crippen LogP contribution >= 0.6 is 11.6 Å². The first-order valence-corrected chi connectivity index (χ1v) is 11.0. The molecule has 0 aliphatic rings. The number of rotatable bonds is 8. The fourth-order valence-corrected chi connectivity index (χ4v) is 3.16. The second-order valence-corrected chi connectivity index (χ2v) is 8.85. The Hall–Kier alpha value is -4.39. The van der Waals surface area contributed by atoms with Gasteiger partial charge in [-0.05, 0) is 39.0 Å². The molecule has 0 bridgehead atoms. The van der Waals surface area contributed by atoms with Gasteiger partial charge >= 0.3 is 11.8 Å². The molecule has 0 saturated heterocycles. The van der Waals surface area contributed by atoms with E-state index in [1.165, 1.54) is 20.4 Å². The lowest BCUT2D eigenvalue weighted by Gasteiger charge is -2.20. The van der Waals surface area contributed by atoms with Gasteiger partial charge in [-0.3, -0.25) is 15.4 Å². The van der Waals surface area contributed by atoms with Crippen LogP contribution in [0.1, 0.15) is 20.8 Å². The first kappa shape index (κ1) is 27.2. The van der Waals surface area contributed by atoms with Crippen molar-refractivity contribution in [3.05, 3.63) is 57.5 Å². The molecule has 196 valence electrons. The second-order valence-electron chi connectivity index (χ2n) is 8.44. The highest BCUT2D eigenvalue weighted by Gasteiger charge is 2.20. The first-order chi connectivity index (χ1) is 17.4. The first-order valence-electron chi connectivity index (χ1n) is 10.7. The van der Waals surface area contributed by atoms with Crippen molar-refractivity contribution in [1.29, 1.82) is 0 Å². The molecule has 0 atom stereocenters. The van der Waals surface area contributed by atoms with Crippen LogP contribution in [0.3, 0.4) is 0 Å². The number of nitro groups is 1. The number of hydrogen-bond acceptors (Lipinski definition) is 10. The molecule has 0 spiro atoms.